The number of anilines is 1. The number of imidazole rings is 1. The summed E-state index contributed by atoms with van der Waals surface area (Å²) < 4.78 is 4.15. The third-order valence-electron chi connectivity index (χ3n) is 4.78. The van der Waals surface area contributed by atoms with Crippen molar-refractivity contribution in [3.8, 4) is 0 Å². The number of benzene rings is 1. The molecule has 0 fully saturated rings. The van der Waals surface area contributed by atoms with Crippen molar-refractivity contribution in [3.05, 3.63) is 49.1 Å². The Bertz CT molecular complexity index is 887. The van der Waals surface area contributed by atoms with Crippen LogP contribution in [-0.4, -0.2) is 57.6 Å². The van der Waals surface area contributed by atoms with Crippen LogP contribution in [-0.2, 0) is 11.3 Å². The Hall–Kier alpha value is -2.25. The van der Waals surface area contributed by atoms with E-state index in [1.54, 1.807) is 11.8 Å². The van der Waals surface area contributed by atoms with Crippen LogP contribution in [0.15, 0.2) is 49.1 Å². The molecular weight excluding hydrogens is 370 g/mol. The van der Waals surface area contributed by atoms with Crippen LogP contribution in [0.5, 0.6) is 0 Å². The van der Waals surface area contributed by atoms with E-state index in [4.69, 9.17) is 0 Å². The summed E-state index contributed by atoms with van der Waals surface area (Å²) in [6, 6.07) is 9.66. The van der Waals surface area contributed by atoms with Gasteiger partial charge in [-0.1, -0.05) is 0 Å². The quantitative estimate of drug-likeness (QED) is 0.564. The number of hydrogen-bond acceptors (Lipinski definition) is 4. The van der Waals surface area contributed by atoms with Gasteiger partial charge in [-0.15, -0.1) is 0 Å². The molecule has 0 saturated heterocycles. The van der Waals surface area contributed by atoms with Crippen molar-refractivity contribution in [1.29, 1.82) is 0 Å². The second-order valence-electron chi connectivity index (χ2n) is 7.22. The molecule has 1 amide bonds. The molecule has 0 aliphatic carbocycles. The maximum absolute atomic E-state index is 12.9. The molecule has 0 spiro atoms. The van der Waals surface area contributed by atoms with Crippen molar-refractivity contribution >= 4 is 34.4 Å². The SMILES string of the molecule is CSCC[C@H](C(=O)Nc1ccc2c(c1)ncn2CCCN(C)C)n1cccc1. The Morgan fingerprint density at radius 3 is 2.79 bits per heavy atom. The monoisotopic (exact) mass is 399 g/mol. The van der Waals surface area contributed by atoms with Gasteiger partial charge in [0.05, 0.1) is 17.4 Å². The van der Waals surface area contributed by atoms with E-state index in [0.29, 0.717) is 0 Å². The van der Waals surface area contributed by atoms with Gasteiger partial charge >= 0.3 is 0 Å². The fraction of sp³-hybridized carbons (Fsp3) is 0.429. The van der Waals surface area contributed by atoms with Gasteiger partial charge in [-0.2, -0.15) is 11.8 Å². The Morgan fingerprint density at radius 1 is 1.29 bits per heavy atom. The molecule has 0 unspecified atom stereocenters. The van der Waals surface area contributed by atoms with Gasteiger partial charge in [0.15, 0.2) is 0 Å². The molecule has 1 aromatic carbocycles. The normalized spacial score (nSPS) is 12.6. The van der Waals surface area contributed by atoms with Gasteiger partial charge in [0.25, 0.3) is 0 Å². The van der Waals surface area contributed by atoms with E-state index in [2.05, 4.69) is 40.1 Å². The van der Waals surface area contributed by atoms with Crippen LogP contribution >= 0.6 is 11.8 Å². The minimum Gasteiger partial charge on any atom is -0.342 e. The average Bonchev–Trinajstić information content (AvgIpc) is 3.32. The summed E-state index contributed by atoms with van der Waals surface area (Å²) in [6.07, 6.45) is 9.71. The summed E-state index contributed by atoms with van der Waals surface area (Å²) >= 11 is 1.75. The fourth-order valence-electron chi connectivity index (χ4n) is 3.30. The van der Waals surface area contributed by atoms with Crippen molar-refractivity contribution in [2.75, 3.05) is 38.0 Å². The number of rotatable bonds is 10. The van der Waals surface area contributed by atoms with E-state index >= 15 is 0 Å². The molecule has 3 rings (SSSR count). The lowest BCUT2D eigenvalue weighted by atomic mass is 10.2. The predicted molar refractivity (Wildman–Crippen MR) is 118 cm³/mol. The summed E-state index contributed by atoms with van der Waals surface area (Å²) in [7, 11) is 4.17. The standard InChI is InChI=1S/C21H29N5OS/c1-24(2)10-6-13-26-16-22-18-15-17(7-8-19(18)26)23-21(27)20(9-14-28-3)25-11-4-5-12-25/h4-5,7-8,11-12,15-16,20H,6,9-10,13-14H2,1-3H3,(H,23,27)/t20-/m1/s1. The van der Waals surface area contributed by atoms with Crippen molar-refractivity contribution in [2.45, 2.75) is 25.4 Å². The zero-order valence-corrected chi connectivity index (χ0v) is 17.7. The molecule has 2 aromatic heterocycles. The molecule has 0 aliphatic rings. The molecule has 0 aliphatic heterocycles. The van der Waals surface area contributed by atoms with E-state index in [1.807, 2.05) is 53.6 Å². The number of carbonyl (C=O) groups is 1. The van der Waals surface area contributed by atoms with Crippen molar-refractivity contribution in [1.82, 2.24) is 19.0 Å². The van der Waals surface area contributed by atoms with Crippen LogP contribution in [0.2, 0.25) is 0 Å². The van der Waals surface area contributed by atoms with Gasteiger partial charge in [-0.25, -0.2) is 4.98 Å². The zero-order chi connectivity index (χ0) is 19.9. The second kappa shape index (κ2) is 9.80. The van der Waals surface area contributed by atoms with Gasteiger partial charge in [-0.3, -0.25) is 4.79 Å². The first-order valence-electron chi connectivity index (χ1n) is 9.60. The van der Waals surface area contributed by atoms with E-state index in [0.717, 1.165) is 48.4 Å². The first kappa shape index (κ1) is 20.5. The number of carbonyl (C=O) groups excluding carboxylic acids is 1. The lowest BCUT2D eigenvalue weighted by molar-refractivity contribution is -0.119. The van der Waals surface area contributed by atoms with Crippen LogP contribution in [0.1, 0.15) is 18.9 Å². The molecule has 3 aromatic rings. The zero-order valence-electron chi connectivity index (χ0n) is 16.8. The molecule has 0 bridgehead atoms. The van der Waals surface area contributed by atoms with Crippen molar-refractivity contribution < 1.29 is 4.79 Å². The smallest absolute Gasteiger partial charge is 0.247 e. The highest BCUT2D eigenvalue weighted by atomic mass is 32.2. The number of hydrogen-bond donors (Lipinski definition) is 1. The van der Waals surface area contributed by atoms with Gasteiger partial charge in [0.1, 0.15) is 6.04 Å². The van der Waals surface area contributed by atoms with Crippen molar-refractivity contribution in [2.24, 2.45) is 0 Å². The summed E-state index contributed by atoms with van der Waals surface area (Å²) in [5.41, 5.74) is 2.79. The number of amides is 1. The molecule has 150 valence electrons. The topological polar surface area (TPSA) is 55.1 Å². The predicted octanol–water partition coefficient (Wildman–Crippen LogP) is 3.72. The Morgan fingerprint density at radius 2 is 2.07 bits per heavy atom. The van der Waals surface area contributed by atoms with Gasteiger partial charge in [0, 0.05) is 24.6 Å². The first-order valence-corrected chi connectivity index (χ1v) is 11.0. The molecule has 1 atom stereocenters. The van der Waals surface area contributed by atoms with Crippen LogP contribution < -0.4 is 5.32 Å². The lowest BCUT2D eigenvalue weighted by Crippen LogP contribution is -2.25. The van der Waals surface area contributed by atoms with Gasteiger partial charge in [-0.05, 0) is 75.8 Å². The summed E-state index contributed by atoms with van der Waals surface area (Å²) in [5, 5.41) is 3.07. The lowest BCUT2D eigenvalue weighted by Gasteiger charge is -2.18. The summed E-state index contributed by atoms with van der Waals surface area (Å²) in [5.74, 6) is 0.946. The number of nitrogens with one attached hydrogen (secondary N) is 1. The summed E-state index contributed by atoms with van der Waals surface area (Å²) in [4.78, 5) is 19.6. The van der Waals surface area contributed by atoms with Crippen molar-refractivity contribution in [3.63, 3.8) is 0 Å². The highest BCUT2D eigenvalue weighted by Crippen LogP contribution is 2.21. The maximum Gasteiger partial charge on any atom is 0.247 e. The van der Waals surface area contributed by atoms with Gasteiger partial charge in [0.2, 0.25) is 5.91 Å². The Balaban J connectivity index is 1.70. The van der Waals surface area contributed by atoms with Crippen LogP contribution in [0, 0.1) is 0 Å². The molecule has 2 heterocycles. The van der Waals surface area contributed by atoms with E-state index in [9.17, 15) is 4.79 Å². The third-order valence-corrected chi connectivity index (χ3v) is 5.42. The van der Waals surface area contributed by atoms with E-state index in [-0.39, 0.29) is 11.9 Å². The largest absolute Gasteiger partial charge is 0.342 e. The summed E-state index contributed by atoms with van der Waals surface area (Å²) in [6.45, 7) is 1.98. The Kier molecular flexibility index (Phi) is 7.17. The second-order valence-corrected chi connectivity index (χ2v) is 8.20. The molecule has 7 heteroatoms. The highest BCUT2D eigenvalue weighted by Gasteiger charge is 2.19. The highest BCUT2D eigenvalue weighted by molar-refractivity contribution is 7.98. The van der Waals surface area contributed by atoms with Crippen LogP contribution in [0.4, 0.5) is 5.69 Å². The minimum atomic E-state index is -0.207. The molecule has 28 heavy (non-hydrogen) atoms. The fourth-order valence-corrected chi connectivity index (χ4v) is 3.76. The molecule has 1 N–H and O–H groups in total. The number of nitrogens with zero attached hydrogens (tertiary/aromatic N) is 4. The number of aryl methyl sites for hydroxylation is 1. The number of fused-ring (bicyclic) bond motifs is 1. The van der Waals surface area contributed by atoms with E-state index in [1.165, 1.54) is 0 Å². The van der Waals surface area contributed by atoms with E-state index < -0.39 is 0 Å². The Labute approximate surface area is 170 Å². The molecule has 0 radical (unpaired) electrons. The number of aromatic nitrogens is 3. The third kappa shape index (κ3) is 5.17. The first-order chi connectivity index (χ1) is 13.6. The maximum atomic E-state index is 12.9. The molecular formula is C21H29N5OS. The van der Waals surface area contributed by atoms with Crippen LogP contribution in [0.3, 0.4) is 0 Å². The van der Waals surface area contributed by atoms with Crippen LogP contribution in [0.25, 0.3) is 11.0 Å². The van der Waals surface area contributed by atoms with Gasteiger partial charge < -0.3 is 19.4 Å². The molecule has 0 saturated carbocycles. The average molecular weight is 400 g/mol. The molecule has 6 nitrogen and oxygen atoms in total. The number of thioether (sulfide) groups is 1. The minimum absolute atomic E-state index is 0.00927.